The van der Waals surface area contributed by atoms with Gasteiger partial charge in [0, 0.05) is 11.6 Å². The first-order chi connectivity index (χ1) is 11.9. The lowest BCUT2D eigenvalue weighted by molar-refractivity contribution is -0.148. The van der Waals surface area contributed by atoms with Gasteiger partial charge in [0.1, 0.15) is 17.5 Å². The van der Waals surface area contributed by atoms with Crippen molar-refractivity contribution >= 4 is 11.9 Å². The molecule has 0 aliphatic carbocycles. The molecule has 0 aliphatic rings. The number of carbonyl (C=O) groups is 2. The predicted octanol–water partition coefficient (Wildman–Crippen LogP) is 3.07. The fourth-order valence-electron chi connectivity index (χ4n) is 2.21. The van der Waals surface area contributed by atoms with Gasteiger partial charge in [-0.05, 0) is 24.6 Å². The van der Waals surface area contributed by atoms with Gasteiger partial charge in [-0.2, -0.15) is 0 Å². The van der Waals surface area contributed by atoms with Crippen molar-refractivity contribution in [3.8, 4) is 0 Å². The number of ether oxygens (including phenoxy) is 1. The molecule has 2 aromatic rings. The van der Waals surface area contributed by atoms with Crippen LogP contribution in [0, 0.1) is 17.5 Å². The molecule has 0 saturated carbocycles. The number of amides is 1. The number of halogens is 3. The highest BCUT2D eigenvalue weighted by Crippen LogP contribution is 2.17. The van der Waals surface area contributed by atoms with Crippen LogP contribution in [0.2, 0.25) is 0 Å². The Labute approximate surface area is 142 Å². The molecule has 0 fully saturated rings. The van der Waals surface area contributed by atoms with E-state index in [1.807, 2.05) is 0 Å². The minimum Gasteiger partial charge on any atom is -0.455 e. The molecule has 0 aromatic heterocycles. The number of rotatable bonds is 6. The maximum Gasteiger partial charge on any atom is 0.310 e. The maximum atomic E-state index is 13.6. The van der Waals surface area contributed by atoms with E-state index < -0.39 is 42.0 Å². The fourth-order valence-corrected chi connectivity index (χ4v) is 2.21. The van der Waals surface area contributed by atoms with Crippen molar-refractivity contribution in [3.63, 3.8) is 0 Å². The van der Waals surface area contributed by atoms with E-state index in [4.69, 9.17) is 4.74 Å². The molecule has 2 aromatic carbocycles. The van der Waals surface area contributed by atoms with Crippen molar-refractivity contribution in [1.82, 2.24) is 5.32 Å². The molecule has 1 amide bonds. The first-order valence-electron chi connectivity index (χ1n) is 7.50. The largest absolute Gasteiger partial charge is 0.455 e. The van der Waals surface area contributed by atoms with Crippen LogP contribution >= 0.6 is 0 Å². The molecule has 0 heterocycles. The van der Waals surface area contributed by atoms with Crippen molar-refractivity contribution < 1.29 is 27.5 Å². The third kappa shape index (κ3) is 5.34. The van der Waals surface area contributed by atoms with Crippen LogP contribution in [0.1, 0.15) is 24.1 Å². The molecule has 2 rings (SSSR count). The lowest BCUT2D eigenvalue weighted by Gasteiger charge is -2.15. The highest BCUT2D eigenvalue weighted by atomic mass is 19.1. The minimum absolute atomic E-state index is 0.104. The molecule has 1 atom stereocenters. The van der Waals surface area contributed by atoms with E-state index in [1.165, 1.54) is 31.2 Å². The second kappa shape index (κ2) is 8.32. The highest BCUT2D eigenvalue weighted by molar-refractivity contribution is 5.81. The SMILES string of the molecule is CC(NC(=O)COC(=O)Cc1ccccc1F)c1ccc(F)cc1F. The normalized spacial score (nSPS) is 11.7. The monoisotopic (exact) mass is 351 g/mol. The summed E-state index contributed by atoms with van der Waals surface area (Å²) in [5, 5.41) is 2.43. The van der Waals surface area contributed by atoms with E-state index in [1.54, 1.807) is 6.07 Å². The molecule has 0 saturated heterocycles. The smallest absolute Gasteiger partial charge is 0.310 e. The topological polar surface area (TPSA) is 55.4 Å². The second-order valence-corrected chi connectivity index (χ2v) is 5.38. The van der Waals surface area contributed by atoms with Gasteiger partial charge < -0.3 is 10.1 Å². The lowest BCUT2D eigenvalue weighted by atomic mass is 10.1. The predicted molar refractivity (Wildman–Crippen MR) is 84.0 cm³/mol. The molecule has 132 valence electrons. The van der Waals surface area contributed by atoms with Gasteiger partial charge in [0.05, 0.1) is 12.5 Å². The number of hydrogen-bond acceptors (Lipinski definition) is 3. The quantitative estimate of drug-likeness (QED) is 0.814. The minimum atomic E-state index is -0.788. The summed E-state index contributed by atoms with van der Waals surface area (Å²) in [6, 6.07) is 8.01. The number of carbonyl (C=O) groups excluding carboxylic acids is 2. The number of esters is 1. The summed E-state index contributed by atoms with van der Waals surface area (Å²) in [4.78, 5) is 23.4. The Bertz CT molecular complexity index is 780. The van der Waals surface area contributed by atoms with Crippen molar-refractivity contribution in [2.75, 3.05) is 6.61 Å². The summed E-state index contributed by atoms with van der Waals surface area (Å²) in [5.41, 5.74) is 0.266. The van der Waals surface area contributed by atoms with Gasteiger partial charge in [-0.3, -0.25) is 9.59 Å². The van der Waals surface area contributed by atoms with Crippen LogP contribution in [0.5, 0.6) is 0 Å². The number of benzene rings is 2. The van der Waals surface area contributed by atoms with Gasteiger partial charge in [-0.15, -0.1) is 0 Å². The third-order valence-corrected chi connectivity index (χ3v) is 3.46. The first kappa shape index (κ1) is 18.5. The Hall–Kier alpha value is -2.83. The van der Waals surface area contributed by atoms with Crippen LogP contribution in [-0.2, 0) is 20.7 Å². The van der Waals surface area contributed by atoms with Crippen LogP contribution in [0.3, 0.4) is 0 Å². The Morgan fingerprint density at radius 1 is 1.08 bits per heavy atom. The summed E-state index contributed by atoms with van der Waals surface area (Å²) in [6.07, 6.45) is -0.303. The maximum absolute atomic E-state index is 13.6. The summed E-state index contributed by atoms with van der Waals surface area (Å²) in [7, 11) is 0. The molecular weight excluding hydrogens is 335 g/mol. The average Bonchev–Trinajstić information content (AvgIpc) is 2.55. The zero-order valence-corrected chi connectivity index (χ0v) is 13.4. The van der Waals surface area contributed by atoms with Crippen molar-refractivity contribution in [2.45, 2.75) is 19.4 Å². The van der Waals surface area contributed by atoms with Gasteiger partial charge in [-0.25, -0.2) is 13.2 Å². The molecule has 0 aliphatic heterocycles. The zero-order chi connectivity index (χ0) is 18.4. The van der Waals surface area contributed by atoms with Gasteiger partial charge >= 0.3 is 5.97 Å². The van der Waals surface area contributed by atoms with Gasteiger partial charge in [-0.1, -0.05) is 24.3 Å². The second-order valence-electron chi connectivity index (χ2n) is 5.38. The van der Waals surface area contributed by atoms with Crippen LogP contribution < -0.4 is 5.32 Å². The number of hydrogen-bond donors (Lipinski definition) is 1. The van der Waals surface area contributed by atoms with Gasteiger partial charge in [0.25, 0.3) is 5.91 Å². The summed E-state index contributed by atoms with van der Waals surface area (Å²) in [5.74, 6) is -3.46. The molecule has 0 bridgehead atoms. The van der Waals surface area contributed by atoms with E-state index >= 15 is 0 Å². The summed E-state index contributed by atoms with van der Waals surface area (Å²) >= 11 is 0. The molecule has 0 radical (unpaired) electrons. The standard InChI is InChI=1S/C18H16F3NO3/c1-11(14-7-6-13(19)9-16(14)21)22-17(23)10-25-18(24)8-12-4-2-3-5-15(12)20/h2-7,9,11H,8,10H2,1H3,(H,22,23). The van der Waals surface area contributed by atoms with E-state index in [9.17, 15) is 22.8 Å². The van der Waals surface area contributed by atoms with Crippen LogP contribution in [0.4, 0.5) is 13.2 Å². The van der Waals surface area contributed by atoms with Crippen LogP contribution in [0.15, 0.2) is 42.5 Å². The molecule has 1 N–H and O–H groups in total. The Morgan fingerprint density at radius 2 is 1.80 bits per heavy atom. The van der Waals surface area contributed by atoms with Crippen molar-refractivity contribution in [2.24, 2.45) is 0 Å². The van der Waals surface area contributed by atoms with E-state index in [2.05, 4.69) is 5.32 Å². The molecule has 7 heteroatoms. The molecule has 4 nitrogen and oxygen atoms in total. The fraction of sp³-hybridized carbons (Fsp3) is 0.222. The average molecular weight is 351 g/mol. The molecular formula is C18H16F3NO3. The summed E-state index contributed by atoms with van der Waals surface area (Å²) in [6.45, 7) is 0.926. The van der Waals surface area contributed by atoms with E-state index in [-0.39, 0.29) is 17.5 Å². The Balaban J connectivity index is 1.83. The third-order valence-electron chi connectivity index (χ3n) is 3.46. The van der Waals surface area contributed by atoms with Crippen molar-refractivity contribution in [1.29, 1.82) is 0 Å². The Morgan fingerprint density at radius 3 is 2.48 bits per heavy atom. The van der Waals surface area contributed by atoms with E-state index in [0.717, 1.165) is 6.07 Å². The summed E-state index contributed by atoms with van der Waals surface area (Å²) < 4.78 is 44.7. The molecule has 25 heavy (non-hydrogen) atoms. The first-order valence-corrected chi connectivity index (χ1v) is 7.50. The zero-order valence-electron chi connectivity index (χ0n) is 13.4. The highest BCUT2D eigenvalue weighted by Gasteiger charge is 2.16. The van der Waals surface area contributed by atoms with Gasteiger partial charge in [0.2, 0.25) is 0 Å². The van der Waals surface area contributed by atoms with Crippen LogP contribution in [-0.4, -0.2) is 18.5 Å². The molecule has 1 unspecified atom stereocenters. The number of nitrogens with one attached hydrogen (secondary N) is 1. The van der Waals surface area contributed by atoms with Crippen molar-refractivity contribution in [3.05, 3.63) is 71.0 Å². The molecule has 0 spiro atoms. The van der Waals surface area contributed by atoms with Gasteiger partial charge in [0.15, 0.2) is 6.61 Å². The van der Waals surface area contributed by atoms with E-state index in [0.29, 0.717) is 6.07 Å². The Kier molecular flexibility index (Phi) is 6.16. The lowest BCUT2D eigenvalue weighted by Crippen LogP contribution is -2.31. The van der Waals surface area contributed by atoms with Crippen LogP contribution in [0.25, 0.3) is 0 Å².